The molecule has 0 atom stereocenters. The Balaban J connectivity index is 2.16. The van der Waals surface area contributed by atoms with Crippen LogP contribution in [0, 0.1) is 0 Å². The molecule has 0 amide bonds. The SMILES string of the molecule is O=S1(=O)NC(c2ccccc2)=C(c2ccccc2)O1. The van der Waals surface area contributed by atoms with Crippen LogP contribution in [-0.4, -0.2) is 8.42 Å². The number of nitrogens with one attached hydrogen (secondary N) is 1. The molecule has 2 aromatic rings. The molecule has 0 unspecified atom stereocenters. The van der Waals surface area contributed by atoms with E-state index in [1.54, 1.807) is 12.1 Å². The third-order valence-corrected chi connectivity index (χ3v) is 3.59. The molecule has 0 saturated heterocycles. The third-order valence-electron chi connectivity index (χ3n) is 2.75. The molecule has 1 aliphatic rings. The zero-order valence-corrected chi connectivity index (χ0v) is 10.7. The summed E-state index contributed by atoms with van der Waals surface area (Å²) in [7, 11) is -3.77. The molecular weight excluding hydrogens is 262 g/mol. The fraction of sp³-hybridized carbons (Fsp3) is 0. The molecule has 3 rings (SSSR count). The summed E-state index contributed by atoms with van der Waals surface area (Å²) in [5.74, 6) is 0.326. The number of benzene rings is 2. The Morgan fingerprint density at radius 1 is 0.789 bits per heavy atom. The second-order valence-corrected chi connectivity index (χ2v) is 5.35. The fourth-order valence-corrected chi connectivity index (χ4v) is 2.82. The van der Waals surface area contributed by atoms with Gasteiger partial charge in [0.1, 0.15) is 5.70 Å². The quantitative estimate of drug-likeness (QED) is 0.914. The normalized spacial score (nSPS) is 16.8. The van der Waals surface area contributed by atoms with Crippen LogP contribution in [0.3, 0.4) is 0 Å². The van der Waals surface area contributed by atoms with Gasteiger partial charge in [0.2, 0.25) is 0 Å². The minimum atomic E-state index is -3.77. The minimum Gasteiger partial charge on any atom is -0.364 e. The van der Waals surface area contributed by atoms with Gasteiger partial charge in [-0.05, 0) is 0 Å². The maximum absolute atomic E-state index is 11.6. The van der Waals surface area contributed by atoms with Gasteiger partial charge in [-0.3, -0.25) is 0 Å². The summed E-state index contributed by atoms with van der Waals surface area (Å²) in [5, 5.41) is 0. The summed E-state index contributed by atoms with van der Waals surface area (Å²) in [6.45, 7) is 0. The van der Waals surface area contributed by atoms with Crippen LogP contribution in [0.2, 0.25) is 0 Å². The van der Waals surface area contributed by atoms with Gasteiger partial charge in [-0.15, -0.1) is 0 Å². The van der Waals surface area contributed by atoms with E-state index in [4.69, 9.17) is 4.18 Å². The molecule has 5 heteroatoms. The number of rotatable bonds is 2. The average Bonchev–Trinajstić information content (AvgIpc) is 2.77. The monoisotopic (exact) mass is 273 g/mol. The standard InChI is InChI=1S/C14H11NO3S/c16-19(17)15-13(11-7-3-1-4-8-11)14(18-19)12-9-5-2-6-10-12/h1-10,15H. The molecule has 4 nitrogen and oxygen atoms in total. The summed E-state index contributed by atoms with van der Waals surface area (Å²) in [5.41, 5.74) is 1.95. The first-order valence-corrected chi connectivity index (χ1v) is 7.14. The predicted molar refractivity (Wildman–Crippen MR) is 72.8 cm³/mol. The number of hydrogen-bond donors (Lipinski definition) is 1. The summed E-state index contributed by atoms with van der Waals surface area (Å²) >= 11 is 0. The van der Waals surface area contributed by atoms with Crippen molar-refractivity contribution in [1.29, 1.82) is 0 Å². The summed E-state index contributed by atoms with van der Waals surface area (Å²) < 4.78 is 30.7. The lowest BCUT2D eigenvalue weighted by Gasteiger charge is -2.03. The molecule has 0 radical (unpaired) electrons. The van der Waals surface area contributed by atoms with E-state index in [2.05, 4.69) is 4.72 Å². The maximum Gasteiger partial charge on any atom is 0.407 e. The largest absolute Gasteiger partial charge is 0.407 e. The van der Waals surface area contributed by atoms with E-state index >= 15 is 0 Å². The van der Waals surface area contributed by atoms with Crippen molar-refractivity contribution in [1.82, 2.24) is 4.72 Å². The van der Waals surface area contributed by atoms with Crippen molar-refractivity contribution < 1.29 is 12.6 Å². The average molecular weight is 273 g/mol. The first-order chi connectivity index (χ1) is 9.16. The zero-order chi connectivity index (χ0) is 13.3. The Hall–Kier alpha value is -2.27. The van der Waals surface area contributed by atoms with Gasteiger partial charge in [0.25, 0.3) is 0 Å². The van der Waals surface area contributed by atoms with Crippen LogP contribution >= 0.6 is 0 Å². The smallest absolute Gasteiger partial charge is 0.364 e. The Labute approximate surface area is 111 Å². The minimum absolute atomic E-state index is 0.326. The summed E-state index contributed by atoms with van der Waals surface area (Å²) in [6.07, 6.45) is 0. The molecule has 1 N–H and O–H groups in total. The maximum atomic E-state index is 11.6. The van der Waals surface area contributed by atoms with Gasteiger partial charge in [-0.25, -0.2) is 4.72 Å². The molecule has 96 valence electrons. The van der Waals surface area contributed by atoms with Crippen molar-refractivity contribution in [2.45, 2.75) is 0 Å². The molecule has 0 spiro atoms. The van der Waals surface area contributed by atoms with E-state index in [9.17, 15) is 8.42 Å². The highest BCUT2D eigenvalue weighted by molar-refractivity contribution is 7.85. The molecule has 1 heterocycles. The zero-order valence-electron chi connectivity index (χ0n) is 9.91. The Morgan fingerprint density at radius 3 is 1.89 bits per heavy atom. The van der Waals surface area contributed by atoms with Gasteiger partial charge >= 0.3 is 10.3 Å². The lowest BCUT2D eigenvalue weighted by molar-refractivity contribution is 0.471. The highest BCUT2D eigenvalue weighted by Crippen LogP contribution is 2.32. The van der Waals surface area contributed by atoms with Gasteiger partial charge in [0, 0.05) is 11.1 Å². The van der Waals surface area contributed by atoms with E-state index in [1.165, 1.54) is 0 Å². The molecular formula is C14H11NO3S. The topological polar surface area (TPSA) is 55.4 Å². The molecule has 0 aromatic heterocycles. The van der Waals surface area contributed by atoms with Gasteiger partial charge < -0.3 is 4.18 Å². The predicted octanol–water partition coefficient (Wildman–Crippen LogP) is 2.38. The highest BCUT2D eigenvalue weighted by Gasteiger charge is 2.29. The Bertz CT molecular complexity index is 664. The summed E-state index contributed by atoms with van der Waals surface area (Å²) in [6, 6.07) is 18.4. The van der Waals surface area contributed by atoms with E-state index in [0.717, 1.165) is 11.1 Å². The van der Waals surface area contributed by atoms with Crippen molar-refractivity contribution >= 4 is 21.8 Å². The third kappa shape index (κ3) is 2.32. The van der Waals surface area contributed by atoms with Gasteiger partial charge in [-0.1, -0.05) is 60.7 Å². The summed E-state index contributed by atoms with van der Waals surface area (Å²) in [4.78, 5) is 0. The van der Waals surface area contributed by atoms with Gasteiger partial charge in [0.05, 0.1) is 0 Å². The lowest BCUT2D eigenvalue weighted by atomic mass is 10.1. The van der Waals surface area contributed by atoms with Gasteiger partial charge in [0.15, 0.2) is 5.76 Å². The van der Waals surface area contributed by atoms with Crippen LogP contribution in [-0.2, 0) is 14.5 Å². The Morgan fingerprint density at radius 2 is 1.32 bits per heavy atom. The van der Waals surface area contributed by atoms with Crippen molar-refractivity contribution in [3.05, 3.63) is 71.8 Å². The second-order valence-electron chi connectivity index (χ2n) is 4.08. The van der Waals surface area contributed by atoms with Crippen LogP contribution < -0.4 is 4.72 Å². The molecule has 19 heavy (non-hydrogen) atoms. The molecule has 1 aliphatic heterocycles. The van der Waals surface area contributed by atoms with Crippen molar-refractivity contribution in [2.75, 3.05) is 0 Å². The van der Waals surface area contributed by atoms with Crippen molar-refractivity contribution in [3.8, 4) is 0 Å². The van der Waals surface area contributed by atoms with E-state index in [0.29, 0.717) is 11.5 Å². The molecule has 2 aromatic carbocycles. The van der Waals surface area contributed by atoms with E-state index < -0.39 is 10.3 Å². The molecule has 0 fully saturated rings. The van der Waals surface area contributed by atoms with Crippen LogP contribution in [0.25, 0.3) is 11.5 Å². The Kier molecular flexibility index (Phi) is 2.76. The van der Waals surface area contributed by atoms with Crippen LogP contribution in [0.5, 0.6) is 0 Å². The van der Waals surface area contributed by atoms with Gasteiger partial charge in [-0.2, -0.15) is 8.42 Å². The first-order valence-electron chi connectivity index (χ1n) is 5.73. The highest BCUT2D eigenvalue weighted by atomic mass is 32.2. The lowest BCUT2D eigenvalue weighted by Crippen LogP contribution is -2.15. The fourth-order valence-electron chi connectivity index (χ4n) is 1.92. The molecule has 0 saturated carbocycles. The van der Waals surface area contributed by atoms with E-state index in [-0.39, 0.29) is 0 Å². The van der Waals surface area contributed by atoms with E-state index in [1.807, 2.05) is 48.5 Å². The van der Waals surface area contributed by atoms with Crippen molar-refractivity contribution in [3.63, 3.8) is 0 Å². The van der Waals surface area contributed by atoms with Crippen LogP contribution in [0.4, 0.5) is 0 Å². The second kappa shape index (κ2) is 4.44. The first kappa shape index (κ1) is 11.8. The number of hydrogen-bond acceptors (Lipinski definition) is 3. The molecule has 0 aliphatic carbocycles. The van der Waals surface area contributed by atoms with Crippen LogP contribution in [0.15, 0.2) is 60.7 Å². The van der Waals surface area contributed by atoms with Crippen molar-refractivity contribution in [2.24, 2.45) is 0 Å². The van der Waals surface area contributed by atoms with Crippen LogP contribution in [0.1, 0.15) is 11.1 Å². The molecule has 0 bridgehead atoms.